The highest BCUT2D eigenvalue weighted by molar-refractivity contribution is 9.10. The maximum absolute atomic E-state index is 4.66. The second kappa shape index (κ2) is 5.80. The largest absolute Gasteiger partial charge is 0.313 e. The molecular weight excluding hydrogens is 314 g/mol. The van der Waals surface area contributed by atoms with Crippen LogP contribution in [0.2, 0.25) is 0 Å². The second-order valence-corrected chi connectivity index (χ2v) is 7.49. The fourth-order valence-electron chi connectivity index (χ4n) is 3.58. The zero-order valence-corrected chi connectivity index (χ0v) is 14.3. The molecule has 4 heteroatoms. The van der Waals surface area contributed by atoms with Gasteiger partial charge in [0.05, 0.1) is 15.9 Å². The lowest BCUT2D eigenvalue weighted by molar-refractivity contribution is 0.269. The van der Waals surface area contributed by atoms with Crippen LogP contribution >= 0.6 is 15.9 Å². The normalized spacial score (nSPS) is 21.6. The Hall–Kier alpha value is -0.350. The number of hydrogen-bond donors (Lipinski definition) is 1. The Morgan fingerprint density at radius 1 is 1.35 bits per heavy atom. The second-order valence-electron chi connectivity index (χ2n) is 6.70. The van der Waals surface area contributed by atoms with Crippen molar-refractivity contribution in [3.8, 4) is 0 Å². The van der Waals surface area contributed by atoms with E-state index in [4.69, 9.17) is 0 Å². The summed E-state index contributed by atoms with van der Waals surface area (Å²) in [7, 11) is 0. The third-order valence-electron chi connectivity index (χ3n) is 5.00. The van der Waals surface area contributed by atoms with Crippen LogP contribution in [0.4, 0.5) is 0 Å². The Labute approximate surface area is 130 Å². The van der Waals surface area contributed by atoms with E-state index in [0.717, 1.165) is 18.3 Å². The van der Waals surface area contributed by atoms with Crippen molar-refractivity contribution < 1.29 is 0 Å². The van der Waals surface area contributed by atoms with E-state index in [-0.39, 0.29) is 0 Å². The van der Waals surface area contributed by atoms with Crippen molar-refractivity contribution >= 4 is 15.9 Å². The maximum Gasteiger partial charge on any atom is 0.0738 e. The Morgan fingerprint density at radius 2 is 2.05 bits per heavy atom. The standard InChI is InChI=1S/C16H26BrN3/c1-3-20-14(15(17)12(2)19-20)10-16(8-4-5-9-16)11-18-13-6-7-13/h13,18H,3-11H2,1-2H3. The SMILES string of the molecule is CCn1nc(C)c(Br)c1CC1(CNC2CC2)CCCC1. The Morgan fingerprint density at radius 3 is 2.65 bits per heavy atom. The molecule has 0 aliphatic heterocycles. The van der Waals surface area contributed by atoms with Crippen LogP contribution in [0, 0.1) is 12.3 Å². The van der Waals surface area contributed by atoms with E-state index in [9.17, 15) is 0 Å². The van der Waals surface area contributed by atoms with E-state index in [2.05, 4.69) is 44.9 Å². The van der Waals surface area contributed by atoms with Crippen LogP contribution in [0.5, 0.6) is 0 Å². The number of aryl methyl sites for hydroxylation is 2. The minimum atomic E-state index is 0.463. The topological polar surface area (TPSA) is 29.9 Å². The summed E-state index contributed by atoms with van der Waals surface area (Å²) in [6.07, 6.45) is 9.45. The fraction of sp³-hybridized carbons (Fsp3) is 0.812. The molecule has 0 spiro atoms. The molecule has 0 atom stereocenters. The van der Waals surface area contributed by atoms with Gasteiger partial charge in [-0.25, -0.2) is 0 Å². The zero-order chi connectivity index (χ0) is 14.2. The summed E-state index contributed by atoms with van der Waals surface area (Å²) in [4.78, 5) is 0. The Balaban J connectivity index is 1.78. The third-order valence-corrected chi connectivity index (χ3v) is 6.03. The Kier molecular flexibility index (Phi) is 4.23. The molecule has 1 aromatic heterocycles. The van der Waals surface area contributed by atoms with Crippen molar-refractivity contribution in [2.75, 3.05) is 6.54 Å². The zero-order valence-electron chi connectivity index (χ0n) is 12.7. The van der Waals surface area contributed by atoms with Crippen molar-refractivity contribution in [2.45, 2.75) is 71.4 Å². The fourth-order valence-corrected chi connectivity index (χ4v) is 4.01. The van der Waals surface area contributed by atoms with Crippen LogP contribution in [0.15, 0.2) is 4.47 Å². The average Bonchev–Trinajstić information content (AvgIpc) is 3.11. The van der Waals surface area contributed by atoms with Gasteiger partial charge < -0.3 is 5.32 Å². The molecule has 2 aliphatic rings. The first kappa shape index (κ1) is 14.6. The smallest absolute Gasteiger partial charge is 0.0738 e. The molecule has 1 heterocycles. The van der Waals surface area contributed by atoms with E-state index in [0.29, 0.717) is 5.41 Å². The van der Waals surface area contributed by atoms with Crippen LogP contribution < -0.4 is 5.32 Å². The van der Waals surface area contributed by atoms with Gasteiger partial charge in [0.1, 0.15) is 0 Å². The van der Waals surface area contributed by atoms with Gasteiger partial charge in [0.2, 0.25) is 0 Å². The number of halogens is 1. The van der Waals surface area contributed by atoms with E-state index >= 15 is 0 Å². The molecule has 3 nitrogen and oxygen atoms in total. The predicted octanol–water partition coefficient (Wildman–Crippen LogP) is 3.83. The Bertz CT molecular complexity index is 470. The summed E-state index contributed by atoms with van der Waals surface area (Å²) in [5.41, 5.74) is 3.00. The summed E-state index contributed by atoms with van der Waals surface area (Å²) < 4.78 is 3.42. The molecule has 0 unspecified atom stereocenters. The molecule has 3 rings (SSSR count). The van der Waals surface area contributed by atoms with Crippen LogP contribution in [0.1, 0.15) is 56.8 Å². The lowest BCUT2D eigenvalue weighted by Crippen LogP contribution is -2.35. The number of nitrogens with one attached hydrogen (secondary N) is 1. The van der Waals surface area contributed by atoms with Crippen molar-refractivity contribution in [3.05, 3.63) is 15.9 Å². The summed E-state index contributed by atoms with van der Waals surface area (Å²) in [6.45, 7) is 6.45. The number of aromatic nitrogens is 2. The first-order valence-corrected chi connectivity index (χ1v) is 8.88. The highest BCUT2D eigenvalue weighted by Crippen LogP contribution is 2.42. The molecule has 0 radical (unpaired) electrons. The minimum absolute atomic E-state index is 0.463. The van der Waals surface area contributed by atoms with Gasteiger partial charge in [0.15, 0.2) is 0 Å². The first-order chi connectivity index (χ1) is 9.63. The van der Waals surface area contributed by atoms with Gasteiger partial charge in [-0.3, -0.25) is 4.68 Å². The number of nitrogens with zero attached hydrogens (tertiary/aromatic N) is 2. The quantitative estimate of drug-likeness (QED) is 0.853. The molecule has 1 N–H and O–H groups in total. The molecule has 20 heavy (non-hydrogen) atoms. The highest BCUT2D eigenvalue weighted by atomic mass is 79.9. The summed E-state index contributed by atoms with van der Waals surface area (Å²) in [5, 5.41) is 8.44. The van der Waals surface area contributed by atoms with Gasteiger partial charge in [-0.1, -0.05) is 12.8 Å². The molecule has 2 fully saturated rings. The van der Waals surface area contributed by atoms with Crippen molar-refractivity contribution in [1.29, 1.82) is 0 Å². The summed E-state index contributed by atoms with van der Waals surface area (Å²) >= 11 is 3.76. The van der Waals surface area contributed by atoms with Gasteiger partial charge in [0, 0.05) is 19.1 Å². The van der Waals surface area contributed by atoms with E-state index < -0.39 is 0 Å². The predicted molar refractivity (Wildman–Crippen MR) is 86.0 cm³/mol. The highest BCUT2D eigenvalue weighted by Gasteiger charge is 2.37. The molecule has 1 aromatic rings. The van der Waals surface area contributed by atoms with Gasteiger partial charge >= 0.3 is 0 Å². The van der Waals surface area contributed by atoms with E-state index in [1.54, 1.807) is 0 Å². The van der Waals surface area contributed by atoms with Crippen LogP contribution in [0.3, 0.4) is 0 Å². The van der Waals surface area contributed by atoms with Gasteiger partial charge in [-0.15, -0.1) is 0 Å². The van der Waals surface area contributed by atoms with Crippen molar-refractivity contribution in [2.24, 2.45) is 5.41 Å². The molecule has 0 amide bonds. The molecule has 112 valence electrons. The molecule has 0 bridgehead atoms. The molecule has 0 aromatic carbocycles. The van der Waals surface area contributed by atoms with Crippen molar-refractivity contribution in [1.82, 2.24) is 15.1 Å². The average molecular weight is 340 g/mol. The van der Waals surface area contributed by atoms with Crippen LogP contribution in [0.25, 0.3) is 0 Å². The first-order valence-electron chi connectivity index (χ1n) is 8.09. The molecule has 2 aliphatic carbocycles. The number of rotatable bonds is 6. The molecule has 2 saturated carbocycles. The summed E-state index contributed by atoms with van der Waals surface area (Å²) in [6, 6.07) is 0.814. The van der Waals surface area contributed by atoms with Gasteiger partial charge in [-0.05, 0) is 67.3 Å². The van der Waals surface area contributed by atoms with Crippen LogP contribution in [-0.2, 0) is 13.0 Å². The van der Waals surface area contributed by atoms with Crippen molar-refractivity contribution in [3.63, 3.8) is 0 Å². The third kappa shape index (κ3) is 2.96. The maximum atomic E-state index is 4.66. The van der Waals surface area contributed by atoms with E-state index in [1.165, 1.54) is 61.7 Å². The van der Waals surface area contributed by atoms with E-state index in [1.807, 2.05) is 0 Å². The number of hydrogen-bond acceptors (Lipinski definition) is 2. The van der Waals surface area contributed by atoms with Gasteiger partial charge in [-0.2, -0.15) is 5.10 Å². The lowest BCUT2D eigenvalue weighted by Gasteiger charge is -2.30. The minimum Gasteiger partial charge on any atom is -0.313 e. The van der Waals surface area contributed by atoms with Gasteiger partial charge in [0.25, 0.3) is 0 Å². The molecular formula is C16H26BrN3. The summed E-state index contributed by atoms with van der Waals surface area (Å²) in [5.74, 6) is 0. The molecule has 0 saturated heterocycles. The lowest BCUT2D eigenvalue weighted by atomic mass is 9.81. The monoisotopic (exact) mass is 339 g/mol. The van der Waals surface area contributed by atoms with Crippen LogP contribution in [-0.4, -0.2) is 22.4 Å².